The highest BCUT2D eigenvalue weighted by Crippen LogP contribution is 2.23. The minimum Gasteiger partial charge on any atom is -0.396 e. The van der Waals surface area contributed by atoms with Crippen LogP contribution in [0.2, 0.25) is 0 Å². The zero-order valence-corrected chi connectivity index (χ0v) is 11.0. The number of unbranched alkanes of at least 4 members (excludes halogenated alkanes) is 1. The van der Waals surface area contributed by atoms with Crippen molar-refractivity contribution in [2.75, 3.05) is 38.5 Å². The lowest BCUT2D eigenvalue weighted by molar-refractivity contribution is 0.158. The SMILES string of the molecule is O=S(=O)(CCCCO)N1CCN2CCCC2C1. The van der Waals surface area contributed by atoms with Crippen LogP contribution in [-0.4, -0.2) is 67.3 Å². The van der Waals surface area contributed by atoms with Crippen LogP contribution in [0.3, 0.4) is 0 Å². The molecule has 0 amide bonds. The van der Waals surface area contributed by atoms with Crippen LogP contribution in [0.25, 0.3) is 0 Å². The quantitative estimate of drug-likeness (QED) is 0.701. The Morgan fingerprint density at radius 3 is 2.76 bits per heavy atom. The van der Waals surface area contributed by atoms with Crippen molar-refractivity contribution in [2.24, 2.45) is 0 Å². The fourth-order valence-corrected chi connectivity index (χ4v) is 4.33. The maximum atomic E-state index is 12.1. The van der Waals surface area contributed by atoms with Crippen molar-refractivity contribution in [1.82, 2.24) is 9.21 Å². The van der Waals surface area contributed by atoms with E-state index < -0.39 is 10.0 Å². The molecule has 1 N–H and O–H groups in total. The lowest BCUT2D eigenvalue weighted by atomic mass is 10.2. The molecule has 0 bridgehead atoms. The third kappa shape index (κ3) is 3.19. The average molecular weight is 262 g/mol. The Morgan fingerprint density at radius 2 is 2.00 bits per heavy atom. The predicted molar refractivity (Wildman–Crippen MR) is 66.3 cm³/mol. The average Bonchev–Trinajstić information content (AvgIpc) is 2.76. The molecule has 0 aromatic rings. The molecule has 2 heterocycles. The molecule has 0 aromatic carbocycles. The van der Waals surface area contributed by atoms with E-state index in [0.29, 0.717) is 32.0 Å². The molecule has 0 radical (unpaired) electrons. The highest BCUT2D eigenvalue weighted by Gasteiger charge is 2.35. The molecule has 0 aromatic heterocycles. The number of hydrogen-bond donors (Lipinski definition) is 1. The molecule has 2 rings (SSSR count). The maximum absolute atomic E-state index is 12.1. The first-order valence-corrected chi connectivity index (χ1v) is 8.07. The van der Waals surface area contributed by atoms with Crippen LogP contribution >= 0.6 is 0 Å². The fourth-order valence-electron chi connectivity index (χ4n) is 2.74. The van der Waals surface area contributed by atoms with Gasteiger partial charge in [0.05, 0.1) is 5.75 Å². The number of rotatable bonds is 5. The first-order valence-electron chi connectivity index (χ1n) is 6.46. The van der Waals surface area contributed by atoms with Gasteiger partial charge in [0.15, 0.2) is 0 Å². The minimum absolute atomic E-state index is 0.0753. The van der Waals surface area contributed by atoms with Crippen molar-refractivity contribution in [2.45, 2.75) is 31.7 Å². The van der Waals surface area contributed by atoms with Gasteiger partial charge in [0.2, 0.25) is 10.0 Å². The number of sulfonamides is 1. The lowest BCUT2D eigenvalue weighted by Gasteiger charge is -2.36. The van der Waals surface area contributed by atoms with Gasteiger partial charge in [0.1, 0.15) is 0 Å². The molecule has 2 aliphatic rings. The van der Waals surface area contributed by atoms with Crippen molar-refractivity contribution in [1.29, 1.82) is 0 Å². The molecule has 1 unspecified atom stereocenters. The molecule has 2 saturated heterocycles. The summed E-state index contributed by atoms with van der Waals surface area (Å²) in [5.41, 5.74) is 0. The summed E-state index contributed by atoms with van der Waals surface area (Å²) < 4.78 is 25.8. The minimum atomic E-state index is -3.10. The van der Waals surface area contributed by atoms with E-state index in [1.54, 1.807) is 4.31 Å². The zero-order valence-electron chi connectivity index (χ0n) is 10.2. The number of piperazine rings is 1. The van der Waals surface area contributed by atoms with Crippen LogP contribution in [-0.2, 0) is 10.0 Å². The van der Waals surface area contributed by atoms with Gasteiger partial charge >= 0.3 is 0 Å². The Labute approximate surface area is 103 Å². The van der Waals surface area contributed by atoms with E-state index in [2.05, 4.69) is 4.90 Å². The lowest BCUT2D eigenvalue weighted by Crippen LogP contribution is -2.52. The van der Waals surface area contributed by atoms with Crippen LogP contribution in [0.4, 0.5) is 0 Å². The molecule has 0 saturated carbocycles. The van der Waals surface area contributed by atoms with E-state index in [4.69, 9.17) is 5.11 Å². The second-order valence-corrected chi connectivity index (χ2v) is 7.03. The Morgan fingerprint density at radius 1 is 1.18 bits per heavy atom. The summed E-state index contributed by atoms with van der Waals surface area (Å²) in [6.07, 6.45) is 3.46. The van der Waals surface area contributed by atoms with Gasteiger partial charge in [-0.25, -0.2) is 8.42 Å². The summed E-state index contributed by atoms with van der Waals surface area (Å²) in [6, 6.07) is 0.441. The van der Waals surface area contributed by atoms with E-state index in [1.807, 2.05) is 0 Å². The third-order valence-corrected chi connectivity index (χ3v) is 5.68. The normalized spacial score (nSPS) is 27.2. The van der Waals surface area contributed by atoms with Gasteiger partial charge < -0.3 is 5.11 Å². The van der Waals surface area contributed by atoms with Crippen molar-refractivity contribution in [3.8, 4) is 0 Å². The fraction of sp³-hybridized carbons (Fsp3) is 1.00. The summed E-state index contributed by atoms with van der Waals surface area (Å²) in [4.78, 5) is 2.40. The Kier molecular flexibility index (Phi) is 4.41. The number of hydrogen-bond acceptors (Lipinski definition) is 4. The van der Waals surface area contributed by atoms with Crippen LogP contribution in [0, 0.1) is 0 Å². The van der Waals surface area contributed by atoms with Gasteiger partial charge in [0.25, 0.3) is 0 Å². The standard InChI is InChI=1S/C11H22N2O3S/c14-8-1-2-9-17(15,16)13-7-6-12-5-3-4-11(12)10-13/h11,14H,1-10H2. The molecule has 0 spiro atoms. The van der Waals surface area contributed by atoms with Crippen LogP contribution in [0.5, 0.6) is 0 Å². The van der Waals surface area contributed by atoms with Crippen LogP contribution in [0.15, 0.2) is 0 Å². The molecule has 2 fully saturated rings. The summed E-state index contributed by atoms with van der Waals surface area (Å²) in [6.45, 7) is 3.39. The molecule has 6 heteroatoms. The topological polar surface area (TPSA) is 60.9 Å². The van der Waals surface area contributed by atoms with E-state index in [1.165, 1.54) is 6.42 Å². The van der Waals surface area contributed by atoms with Crippen molar-refractivity contribution in [3.63, 3.8) is 0 Å². The summed E-state index contributed by atoms with van der Waals surface area (Å²) in [5, 5.41) is 8.68. The molecular formula is C11H22N2O3S. The van der Waals surface area contributed by atoms with E-state index in [0.717, 1.165) is 19.5 Å². The van der Waals surface area contributed by atoms with Crippen LogP contribution in [0.1, 0.15) is 25.7 Å². The summed E-state index contributed by atoms with van der Waals surface area (Å²) in [7, 11) is -3.10. The first kappa shape index (κ1) is 13.3. The third-order valence-electron chi connectivity index (χ3n) is 3.75. The van der Waals surface area contributed by atoms with Gasteiger partial charge in [-0.2, -0.15) is 4.31 Å². The van der Waals surface area contributed by atoms with E-state index >= 15 is 0 Å². The second kappa shape index (κ2) is 5.65. The van der Waals surface area contributed by atoms with E-state index in [-0.39, 0.29) is 12.4 Å². The number of aliphatic hydroxyl groups is 1. The molecule has 2 aliphatic heterocycles. The first-order chi connectivity index (χ1) is 8.13. The molecule has 1 atom stereocenters. The predicted octanol–water partition coefficient (Wildman–Crippen LogP) is -0.131. The van der Waals surface area contributed by atoms with Crippen LogP contribution < -0.4 is 0 Å². The monoisotopic (exact) mass is 262 g/mol. The Bertz CT molecular complexity index is 345. The van der Waals surface area contributed by atoms with Crippen molar-refractivity contribution < 1.29 is 13.5 Å². The van der Waals surface area contributed by atoms with Gasteiger partial charge in [-0.15, -0.1) is 0 Å². The molecular weight excluding hydrogens is 240 g/mol. The molecule has 100 valence electrons. The maximum Gasteiger partial charge on any atom is 0.214 e. The summed E-state index contributed by atoms with van der Waals surface area (Å²) >= 11 is 0. The molecule has 17 heavy (non-hydrogen) atoms. The van der Waals surface area contributed by atoms with Crippen molar-refractivity contribution in [3.05, 3.63) is 0 Å². The number of aliphatic hydroxyl groups excluding tert-OH is 1. The number of nitrogens with zero attached hydrogens (tertiary/aromatic N) is 2. The van der Waals surface area contributed by atoms with Gasteiger partial charge in [-0.1, -0.05) is 0 Å². The zero-order chi connectivity index (χ0) is 12.3. The van der Waals surface area contributed by atoms with E-state index in [9.17, 15) is 8.42 Å². The second-order valence-electron chi connectivity index (χ2n) is 4.94. The molecule has 5 nitrogen and oxygen atoms in total. The van der Waals surface area contributed by atoms with Gasteiger partial charge in [-0.3, -0.25) is 4.90 Å². The van der Waals surface area contributed by atoms with Gasteiger partial charge in [0, 0.05) is 32.3 Å². The van der Waals surface area contributed by atoms with Crippen molar-refractivity contribution >= 4 is 10.0 Å². The molecule has 0 aliphatic carbocycles. The Hall–Kier alpha value is -0.170. The number of fused-ring (bicyclic) bond motifs is 1. The van der Waals surface area contributed by atoms with Gasteiger partial charge in [-0.05, 0) is 32.2 Å². The summed E-state index contributed by atoms with van der Waals surface area (Å²) in [5.74, 6) is 0.181. The highest BCUT2D eigenvalue weighted by molar-refractivity contribution is 7.89. The largest absolute Gasteiger partial charge is 0.396 e. The Balaban J connectivity index is 1.88. The smallest absolute Gasteiger partial charge is 0.214 e. The highest BCUT2D eigenvalue weighted by atomic mass is 32.2.